The van der Waals surface area contributed by atoms with Crippen molar-refractivity contribution in [2.45, 2.75) is 11.8 Å². The summed E-state index contributed by atoms with van der Waals surface area (Å²) in [5, 5.41) is 16.0. The maximum Gasteiger partial charge on any atom is 0.270 e. The number of hydrogen-bond donors (Lipinski definition) is 3. The van der Waals surface area contributed by atoms with Gasteiger partial charge >= 0.3 is 0 Å². The van der Waals surface area contributed by atoms with E-state index in [-0.39, 0.29) is 21.3 Å². The number of sulfonamides is 1. The van der Waals surface area contributed by atoms with Crippen molar-refractivity contribution in [3.63, 3.8) is 0 Å². The van der Waals surface area contributed by atoms with Crippen LogP contribution in [0.4, 0.5) is 17.1 Å². The van der Waals surface area contributed by atoms with E-state index in [1.807, 2.05) is 6.92 Å². The van der Waals surface area contributed by atoms with Gasteiger partial charge < -0.3 is 10.1 Å². The molecule has 0 saturated carbocycles. The summed E-state index contributed by atoms with van der Waals surface area (Å²) in [6.07, 6.45) is 0. The number of thiocarbonyl (C=S) groups is 1. The number of nitro benzene ring substituents is 1. The van der Waals surface area contributed by atoms with Gasteiger partial charge in [0, 0.05) is 29.1 Å². The number of nitro groups is 1. The van der Waals surface area contributed by atoms with E-state index in [4.69, 9.17) is 17.0 Å². The predicted molar refractivity (Wildman–Crippen MR) is 132 cm³/mol. The highest BCUT2D eigenvalue weighted by atomic mass is 32.2. The first-order valence-corrected chi connectivity index (χ1v) is 11.8. The van der Waals surface area contributed by atoms with Crippen molar-refractivity contribution < 1.29 is 22.9 Å². The van der Waals surface area contributed by atoms with E-state index in [0.29, 0.717) is 23.7 Å². The number of hydrogen-bond acceptors (Lipinski definition) is 7. The number of amides is 1. The molecule has 0 bridgehead atoms. The summed E-state index contributed by atoms with van der Waals surface area (Å²) >= 11 is 5.10. The SMILES string of the molecule is CCOc1ccc(NS(=O)(=O)c2ccc(NC(=S)NC(=O)c3cccc([N+](=O)[O-])c3)cc2)cc1. The van der Waals surface area contributed by atoms with Crippen molar-refractivity contribution in [2.75, 3.05) is 16.6 Å². The van der Waals surface area contributed by atoms with Crippen molar-refractivity contribution in [2.24, 2.45) is 0 Å². The van der Waals surface area contributed by atoms with E-state index < -0.39 is 20.9 Å². The van der Waals surface area contributed by atoms with Gasteiger partial charge in [0.25, 0.3) is 21.6 Å². The van der Waals surface area contributed by atoms with Gasteiger partial charge in [-0.2, -0.15) is 0 Å². The van der Waals surface area contributed by atoms with E-state index in [2.05, 4.69) is 15.4 Å². The van der Waals surface area contributed by atoms with E-state index in [9.17, 15) is 23.3 Å². The van der Waals surface area contributed by atoms with Crippen molar-refractivity contribution in [1.82, 2.24) is 5.32 Å². The third-order valence-electron chi connectivity index (χ3n) is 4.39. The van der Waals surface area contributed by atoms with E-state index in [0.717, 1.165) is 6.07 Å². The Morgan fingerprint density at radius 1 is 1.03 bits per heavy atom. The Kier molecular flexibility index (Phi) is 7.76. The van der Waals surface area contributed by atoms with Gasteiger partial charge in [0.2, 0.25) is 0 Å². The van der Waals surface area contributed by atoms with Crippen LogP contribution < -0.4 is 20.1 Å². The molecule has 34 heavy (non-hydrogen) atoms. The minimum atomic E-state index is -3.83. The quantitative estimate of drug-likeness (QED) is 0.240. The molecular weight excluding hydrogens is 480 g/mol. The summed E-state index contributed by atoms with van der Waals surface area (Å²) < 4.78 is 33.1. The number of benzene rings is 3. The molecule has 0 fully saturated rings. The van der Waals surface area contributed by atoms with E-state index >= 15 is 0 Å². The lowest BCUT2D eigenvalue weighted by atomic mass is 10.2. The second-order valence-corrected chi connectivity index (χ2v) is 8.89. The van der Waals surface area contributed by atoms with Crippen LogP contribution >= 0.6 is 12.2 Å². The first kappa shape index (κ1) is 24.6. The monoisotopic (exact) mass is 500 g/mol. The molecule has 12 heteroatoms. The van der Waals surface area contributed by atoms with Crippen LogP contribution in [0.25, 0.3) is 0 Å². The van der Waals surface area contributed by atoms with Crippen molar-refractivity contribution >= 4 is 50.3 Å². The van der Waals surface area contributed by atoms with Crippen LogP contribution in [0.2, 0.25) is 0 Å². The van der Waals surface area contributed by atoms with Gasteiger partial charge in [-0.15, -0.1) is 0 Å². The minimum Gasteiger partial charge on any atom is -0.494 e. The van der Waals surface area contributed by atoms with Crippen molar-refractivity contribution in [3.05, 3.63) is 88.5 Å². The van der Waals surface area contributed by atoms with Gasteiger partial charge in [0.15, 0.2) is 5.11 Å². The average Bonchev–Trinajstić information content (AvgIpc) is 2.80. The second-order valence-electron chi connectivity index (χ2n) is 6.80. The number of carbonyl (C=O) groups excluding carboxylic acids is 1. The lowest BCUT2D eigenvalue weighted by Gasteiger charge is -2.12. The molecule has 3 rings (SSSR count). The van der Waals surface area contributed by atoms with Crippen LogP contribution in [0.3, 0.4) is 0 Å². The highest BCUT2D eigenvalue weighted by Crippen LogP contribution is 2.21. The molecule has 0 aliphatic rings. The van der Waals surface area contributed by atoms with Gasteiger partial charge in [-0.25, -0.2) is 8.42 Å². The number of nitrogens with one attached hydrogen (secondary N) is 3. The first-order chi connectivity index (χ1) is 16.2. The molecule has 3 aromatic carbocycles. The summed E-state index contributed by atoms with van der Waals surface area (Å²) in [4.78, 5) is 22.6. The summed E-state index contributed by atoms with van der Waals surface area (Å²) in [7, 11) is -3.83. The summed E-state index contributed by atoms with van der Waals surface area (Å²) in [5.74, 6) is 0.00868. The van der Waals surface area contributed by atoms with Crippen LogP contribution in [0.1, 0.15) is 17.3 Å². The Balaban J connectivity index is 1.61. The zero-order valence-electron chi connectivity index (χ0n) is 17.8. The van der Waals surface area contributed by atoms with Crippen molar-refractivity contribution in [1.29, 1.82) is 0 Å². The molecule has 0 atom stereocenters. The Hall–Kier alpha value is -4.03. The third kappa shape index (κ3) is 6.49. The molecule has 0 heterocycles. The molecule has 176 valence electrons. The molecule has 0 unspecified atom stereocenters. The van der Waals surface area contributed by atoms with Gasteiger partial charge in [-0.3, -0.25) is 24.9 Å². The first-order valence-electron chi connectivity index (χ1n) is 9.90. The lowest BCUT2D eigenvalue weighted by Crippen LogP contribution is -2.34. The molecular formula is C22H20N4O6S2. The molecule has 0 aromatic heterocycles. The number of nitrogens with zero attached hydrogens (tertiary/aromatic N) is 1. The maximum atomic E-state index is 12.6. The fourth-order valence-corrected chi connectivity index (χ4v) is 4.08. The van der Waals surface area contributed by atoms with E-state index in [1.54, 1.807) is 24.3 Å². The van der Waals surface area contributed by atoms with Crippen LogP contribution in [-0.4, -0.2) is 31.0 Å². The molecule has 3 aromatic rings. The zero-order chi connectivity index (χ0) is 24.7. The van der Waals surface area contributed by atoms with Gasteiger partial charge in [0.1, 0.15) is 5.75 Å². The standard InChI is InChI=1S/C22H20N4O6S2/c1-2-32-19-10-6-17(7-11-19)25-34(30,31)20-12-8-16(9-13-20)23-22(33)24-21(27)15-4-3-5-18(14-15)26(28)29/h3-14,25H,2H2,1H3,(H2,23,24,27,33). The Morgan fingerprint density at radius 3 is 2.29 bits per heavy atom. The molecule has 0 radical (unpaired) electrons. The predicted octanol–water partition coefficient (Wildman–Crippen LogP) is 3.92. The summed E-state index contributed by atoms with van der Waals surface area (Å²) in [6.45, 7) is 2.36. The Bertz CT molecular complexity index is 1310. The third-order valence-corrected chi connectivity index (χ3v) is 5.99. The Labute approximate surface area is 201 Å². The highest BCUT2D eigenvalue weighted by Gasteiger charge is 2.15. The van der Waals surface area contributed by atoms with Crippen LogP contribution in [0.5, 0.6) is 5.75 Å². The summed E-state index contributed by atoms with van der Waals surface area (Å²) in [5.41, 5.74) is 0.669. The number of carbonyl (C=O) groups is 1. The lowest BCUT2D eigenvalue weighted by molar-refractivity contribution is -0.384. The molecule has 1 amide bonds. The smallest absolute Gasteiger partial charge is 0.270 e. The second kappa shape index (κ2) is 10.7. The minimum absolute atomic E-state index is 0.0264. The number of non-ortho nitro benzene ring substituents is 1. The maximum absolute atomic E-state index is 12.6. The number of ether oxygens (including phenoxy) is 1. The number of anilines is 2. The largest absolute Gasteiger partial charge is 0.494 e. The van der Waals surface area contributed by atoms with Crippen molar-refractivity contribution in [3.8, 4) is 5.75 Å². The molecule has 0 aliphatic carbocycles. The fourth-order valence-electron chi connectivity index (χ4n) is 2.82. The Morgan fingerprint density at radius 2 is 1.68 bits per heavy atom. The normalized spacial score (nSPS) is 10.7. The summed E-state index contributed by atoms with van der Waals surface area (Å²) in [6, 6.07) is 17.5. The molecule has 0 aliphatic heterocycles. The highest BCUT2D eigenvalue weighted by molar-refractivity contribution is 7.92. The van der Waals surface area contributed by atoms with Gasteiger partial charge in [-0.1, -0.05) is 6.07 Å². The molecule has 0 saturated heterocycles. The van der Waals surface area contributed by atoms with Crippen LogP contribution in [0.15, 0.2) is 77.7 Å². The molecule has 3 N–H and O–H groups in total. The van der Waals surface area contributed by atoms with Gasteiger partial charge in [0.05, 0.1) is 16.4 Å². The molecule has 10 nitrogen and oxygen atoms in total. The van der Waals surface area contributed by atoms with Crippen LogP contribution in [0, 0.1) is 10.1 Å². The zero-order valence-corrected chi connectivity index (χ0v) is 19.5. The number of rotatable bonds is 8. The molecule has 0 spiro atoms. The topological polar surface area (TPSA) is 140 Å². The van der Waals surface area contributed by atoms with Gasteiger partial charge in [-0.05, 0) is 73.7 Å². The average molecular weight is 501 g/mol. The van der Waals surface area contributed by atoms with E-state index in [1.165, 1.54) is 42.5 Å². The fraction of sp³-hybridized carbons (Fsp3) is 0.0909. The van der Waals surface area contributed by atoms with Crippen LogP contribution in [-0.2, 0) is 10.0 Å².